The fourth-order valence-corrected chi connectivity index (χ4v) is 1.77. The van der Waals surface area contributed by atoms with Gasteiger partial charge in [0.05, 0.1) is 5.69 Å². The third kappa shape index (κ3) is 3.75. The molecular weight excluding hydrogens is 220 g/mol. The van der Waals surface area contributed by atoms with E-state index in [0.717, 1.165) is 18.7 Å². The normalized spacial score (nSPS) is 11.3. The van der Waals surface area contributed by atoms with Crippen molar-refractivity contribution >= 4 is 23.4 Å². The van der Waals surface area contributed by atoms with E-state index in [0.29, 0.717) is 5.96 Å². The number of guanidine groups is 1. The van der Waals surface area contributed by atoms with Gasteiger partial charge in [-0.1, -0.05) is 19.1 Å². The lowest BCUT2D eigenvalue weighted by molar-refractivity contribution is 0.905. The molecule has 1 rings (SSSR count). The fourth-order valence-electron chi connectivity index (χ4n) is 1.22. The summed E-state index contributed by atoms with van der Waals surface area (Å²) in [6, 6.07) is 8.05. The predicted octanol–water partition coefficient (Wildman–Crippen LogP) is 2.05. The Morgan fingerprint density at radius 1 is 1.44 bits per heavy atom. The number of anilines is 1. The SMILES string of the molecule is CCCN=C(NN)Nc1ccccc1SC. The summed E-state index contributed by atoms with van der Waals surface area (Å²) in [6.45, 7) is 2.83. The van der Waals surface area contributed by atoms with Crippen LogP contribution < -0.4 is 16.6 Å². The number of benzene rings is 1. The summed E-state index contributed by atoms with van der Waals surface area (Å²) in [6.07, 6.45) is 3.04. The lowest BCUT2D eigenvalue weighted by Gasteiger charge is -2.11. The second-order valence-corrected chi connectivity index (χ2v) is 4.05. The number of nitrogens with two attached hydrogens (primary N) is 1. The second kappa shape index (κ2) is 7.14. The van der Waals surface area contributed by atoms with Gasteiger partial charge in [-0.2, -0.15) is 0 Å². The van der Waals surface area contributed by atoms with Gasteiger partial charge in [-0.3, -0.25) is 10.4 Å². The summed E-state index contributed by atoms with van der Waals surface area (Å²) < 4.78 is 0. The lowest BCUT2D eigenvalue weighted by atomic mass is 10.3. The number of para-hydroxylation sites is 1. The van der Waals surface area contributed by atoms with Gasteiger partial charge in [-0.05, 0) is 24.8 Å². The van der Waals surface area contributed by atoms with Crippen LogP contribution in [0.4, 0.5) is 5.69 Å². The molecule has 5 heteroatoms. The Kier molecular flexibility index (Phi) is 5.74. The highest BCUT2D eigenvalue weighted by atomic mass is 32.2. The molecule has 0 amide bonds. The Balaban J connectivity index is 2.77. The van der Waals surface area contributed by atoms with Crippen molar-refractivity contribution in [3.05, 3.63) is 24.3 Å². The minimum Gasteiger partial charge on any atom is -0.324 e. The maximum atomic E-state index is 5.40. The van der Waals surface area contributed by atoms with Gasteiger partial charge in [0.15, 0.2) is 0 Å². The maximum Gasteiger partial charge on any atom is 0.210 e. The van der Waals surface area contributed by atoms with Crippen LogP contribution in [-0.2, 0) is 0 Å². The van der Waals surface area contributed by atoms with Gasteiger partial charge in [0.2, 0.25) is 5.96 Å². The number of hydrazine groups is 1. The largest absolute Gasteiger partial charge is 0.324 e. The quantitative estimate of drug-likeness (QED) is 0.247. The first kappa shape index (κ1) is 12.9. The second-order valence-electron chi connectivity index (χ2n) is 3.20. The predicted molar refractivity (Wildman–Crippen MR) is 71.8 cm³/mol. The molecule has 0 fully saturated rings. The van der Waals surface area contributed by atoms with Crippen LogP contribution in [0.3, 0.4) is 0 Å². The number of aliphatic imine (C=N–C) groups is 1. The van der Waals surface area contributed by atoms with Crippen LogP contribution in [0.1, 0.15) is 13.3 Å². The highest BCUT2D eigenvalue weighted by molar-refractivity contribution is 7.98. The Hall–Kier alpha value is -1.20. The van der Waals surface area contributed by atoms with Crippen molar-refractivity contribution in [2.45, 2.75) is 18.2 Å². The molecule has 0 aliphatic carbocycles. The molecule has 0 bridgehead atoms. The number of nitrogens with one attached hydrogen (secondary N) is 2. The molecule has 0 saturated carbocycles. The Morgan fingerprint density at radius 2 is 2.19 bits per heavy atom. The number of thioether (sulfide) groups is 1. The first-order valence-corrected chi connectivity index (χ1v) is 6.45. The molecule has 1 aromatic carbocycles. The molecule has 0 aromatic heterocycles. The average molecular weight is 238 g/mol. The molecule has 4 nitrogen and oxygen atoms in total. The third-order valence-corrected chi connectivity index (χ3v) is 2.79. The molecule has 16 heavy (non-hydrogen) atoms. The van der Waals surface area contributed by atoms with E-state index in [2.05, 4.69) is 28.7 Å². The van der Waals surface area contributed by atoms with Crippen LogP contribution in [0.2, 0.25) is 0 Å². The Labute approximate surface area is 101 Å². The van der Waals surface area contributed by atoms with Crippen molar-refractivity contribution in [2.75, 3.05) is 18.1 Å². The molecule has 0 saturated heterocycles. The number of hydrogen-bond donors (Lipinski definition) is 3. The molecule has 4 N–H and O–H groups in total. The van der Waals surface area contributed by atoms with E-state index < -0.39 is 0 Å². The van der Waals surface area contributed by atoms with E-state index in [4.69, 9.17) is 5.84 Å². The molecule has 1 aromatic rings. The maximum absolute atomic E-state index is 5.40. The summed E-state index contributed by atoms with van der Waals surface area (Å²) in [4.78, 5) is 5.46. The highest BCUT2D eigenvalue weighted by Gasteiger charge is 2.02. The molecule has 0 heterocycles. The minimum absolute atomic E-state index is 0.600. The standard InChI is InChI=1S/C11H18N4S/c1-3-8-13-11(15-12)14-9-6-4-5-7-10(9)16-2/h4-7H,3,8,12H2,1-2H3,(H2,13,14,15). The molecule has 0 aliphatic heterocycles. The number of nitrogens with zero attached hydrogens (tertiary/aromatic N) is 1. The van der Waals surface area contributed by atoms with Gasteiger partial charge in [0.1, 0.15) is 0 Å². The monoisotopic (exact) mass is 238 g/mol. The molecule has 0 aliphatic rings. The first-order valence-electron chi connectivity index (χ1n) is 5.23. The summed E-state index contributed by atoms with van der Waals surface area (Å²) in [7, 11) is 0. The van der Waals surface area contributed by atoms with Crippen LogP contribution >= 0.6 is 11.8 Å². The van der Waals surface area contributed by atoms with E-state index in [1.54, 1.807) is 11.8 Å². The molecule has 0 unspecified atom stereocenters. The van der Waals surface area contributed by atoms with Crippen LogP contribution in [0.5, 0.6) is 0 Å². The van der Waals surface area contributed by atoms with Crippen molar-refractivity contribution < 1.29 is 0 Å². The Bertz CT molecular complexity index is 352. The first-order chi connectivity index (χ1) is 7.81. The van der Waals surface area contributed by atoms with E-state index >= 15 is 0 Å². The summed E-state index contributed by atoms with van der Waals surface area (Å²) >= 11 is 1.69. The van der Waals surface area contributed by atoms with E-state index in [1.165, 1.54) is 4.90 Å². The summed E-state index contributed by atoms with van der Waals surface area (Å²) in [5.74, 6) is 6.00. The van der Waals surface area contributed by atoms with Gasteiger partial charge < -0.3 is 5.32 Å². The smallest absolute Gasteiger partial charge is 0.210 e. The van der Waals surface area contributed by atoms with Crippen LogP contribution in [0.15, 0.2) is 34.2 Å². The van der Waals surface area contributed by atoms with Crippen LogP contribution in [0.25, 0.3) is 0 Å². The van der Waals surface area contributed by atoms with Gasteiger partial charge >= 0.3 is 0 Å². The van der Waals surface area contributed by atoms with Crippen molar-refractivity contribution in [3.8, 4) is 0 Å². The topological polar surface area (TPSA) is 62.4 Å². The van der Waals surface area contributed by atoms with Gasteiger partial charge in [0, 0.05) is 11.4 Å². The van der Waals surface area contributed by atoms with Crippen molar-refractivity contribution in [1.29, 1.82) is 0 Å². The highest BCUT2D eigenvalue weighted by Crippen LogP contribution is 2.24. The fraction of sp³-hybridized carbons (Fsp3) is 0.364. The third-order valence-electron chi connectivity index (χ3n) is 1.99. The molecule has 88 valence electrons. The van der Waals surface area contributed by atoms with Crippen molar-refractivity contribution in [1.82, 2.24) is 5.43 Å². The lowest BCUT2D eigenvalue weighted by Crippen LogP contribution is -2.36. The summed E-state index contributed by atoms with van der Waals surface area (Å²) in [5, 5.41) is 3.18. The van der Waals surface area contributed by atoms with Gasteiger partial charge in [0.25, 0.3) is 0 Å². The zero-order valence-electron chi connectivity index (χ0n) is 9.66. The van der Waals surface area contributed by atoms with Crippen molar-refractivity contribution in [2.24, 2.45) is 10.8 Å². The van der Waals surface area contributed by atoms with E-state index in [1.807, 2.05) is 24.5 Å². The van der Waals surface area contributed by atoms with Gasteiger partial charge in [-0.25, -0.2) is 5.84 Å². The zero-order chi connectivity index (χ0) is 11.8. The van der Waals surface area contributed by atoms with Crippen molar-refractivity contribution in [3.63, 3.8) is 0 Å². The van der Waals surface area contributed by atoms with E-state index in [-0.39, 0.29) is 0 Å². The number of hydrogen-bond acceptors (Lipinski definition) is 3. The molecule has 0 spiro atoms. The van der Waals surface area contributed by atoms with E-state index in [9.17, 15) is 0 Å². The Morgan fingerprint density at radius 3 is 2.81 bits per heavy atom. The average Bonchev–Trinajstić information content (AvgIpc) is 2.34. The molecular formula is C11H18N4S. The molecule has 0 radical (unpaired) electrons. The molecule has 0 atom stereocenters. The summed E-state index contributed by atoms with van der Waals surface area (Å²) in [5.41, 5.74) is 3.58. The van der Waals surface area contributed by atoms with Crippen LogP contribution in [-0.4, -0.2) is 18.8 Å². The zero-order valence-corrected chi connectivity index (χ0v) is 10.5. The number of rotatable bonds is 4. The van der Waals surface area contributed by atoms with Gasteiger partial charge in [-0.15, -0.1) is 11.8 Å². The minimum atomic E-state index is 0.600. The van der Waals surface area contributed by atoms with Crippen LogP contribution in [0, 0.1) is 0 Å².